The van der Waals surface area contributed by atoms with Crippen LogP contribution in [0.1, 0.15) is 49.8 Å². The number of thiophene rings is 1. The van der Waals surface area contributed by atoms with Gasteiger partial charge in [-0.25, -0.2) is 0 Å². The van der Waals surface area contributed by atoms with E-state index in [0.717, 1.165) is 24.7 Å². The monoisotopic (exact) mass is 345 g/mol. The van der Waals surface area contributed by atoms with E-state index in [4.69, 9.17) is 4.74 Å². The highest BCUT2D eigenvalue weighted by atomic mass is 32.1. The van der Waals surface area contributed by atoms with Crippen LogP contribution in [0.5, 0.6) is 0 Å². The lowest BCUT2D eigenvalue weighted by Crippen LogP contribution is -2.63. The number of rotatable bonds is 5. The molecule has 6 rings (SSSR count). The van der Waals surface area contributed by atoms with Gasteiger partial charge in [0.05, 0.1) is 11.0 Å². The summed E-state index contributed by atoms with van der Waals surface area (Å²) in [4.78, 5) is 14.2. The van der Waals surface area contributed by atoms with Gasteiger partial charge in [0.25, 0.3) is 0 Å². The molecule has 5 fully saturated rings. The first-order valence-electron chi connectivity index (χ1n) is 9.54. The van der Waals surface area contributed by atoms with E-state index >= 15 is 0 Å². The van der Waals surface area contributed by atoms with Crippen molar-refractivity contribution in [1.82, 2.24) is 5.32 Å². The number of amides is 1. The number of carbonyl (C=O) groups excluding carboxylic acids is 1. The van der Waals surface area contributed by atoms with Gasteiger partial charge in [0.2, 0.25) is 5.91 Å². The van der Waals surface area contributed by atoms with Crippen LogP contribution in [0.15, 0.2) is 17.5 Å². The molecule has 0 aliphatic heterocycles. The van der Waals surface area contributed by atoms with Gasteiger partial charge in [0, 0.05) is 18.5 Å². The molecule has 130 valence electrons. The molecule has 0 aromatic carbocycles. The van der Waals surface area contributed by atoms with Crippen molar-refractivity contribution in [3.05, 3.63) is 22.4 Å². The van der Waals surface area contributed by atoms with Crippen molar-refractivity contribution in [1.29, 1.82) is 0 Å². The summed E-state index contributed by atoms with van der Waals surface area (Å²) in [5.74, 6) is 3.38. The summed E-state index contributed by atoms with van der Waals surface area (Å²) in [5, 5.41) is 5.42. The molecular weight excluding hydrogens is 318 g/mol. The SMILES string of the molecule is COC1(CNC(=O)C2(c3cccs3)CC2)C2CC3CC(C2)CC1C3. The van der Waals surface area contributed by atoms with Crippen LogP contribution >= 0.6 is 11.3 Å². The predicted octanol–water partition coefficient (Wildman–Crippen LogP) is 3.74. The van der Waals surface area contributed by atoms with Gasteiger partial charge in [-0.1, -0.05) is 6.07 Å². The second kappa shape index (κ2) is 5.31. The zero-order valence-corrected chi connectivity index (χ0v) is 15.2. The molecule has 0 spiro atoms. The highest BCUT2D eigenvalue weighted by molar-refractivity contribution is 7.10. The number of hydrogen-bond donors (Lipinski definition) is 1. The topological polar surface area (TPSA) is 38.3 Å². The van der Waals surface area contributed by atoms with Crippen molar-refractivity contribution in [2.24, 2.45) is 23.7 Å². The smallest absolute Gasteiger partial charge is 0.231 e. The molecule has 1 heterocycles. The zero-order valence-electron chi connectivity index (χ0n) is 14.4. The Morgan fingerprint density at radius 3 is 2.38 bits per heavy atom. The van der Waals surface area contributed by atoms with E-state index in [9.17, 15) is 4.79 Å². The molecule has 0 unspecified atom stereocenters. The van der Waals surface area contributed by atoms with Crippen molar-refractivity contribution in [2.45, 2.75) is 56.0 Å². The third-order valence-corrected chi connectivity index (χ3v) is 8.68. The summed E-state index contributed by atoms with van der Waals surface area (Å²) < 4.78 is 6.18. The van der Waals surface area contributed by atoms with E-state index in [1.807, 2.05) is 7.11 Å². The average Bonchev–Trinajstić information content (AvgIpc) is 3.21. The molecule has 1 N–H and O–H groups in total. The van der Waals surface area contributed by atoms with Crippen LogP contribution in [0.2, 0.25) is 0 Å². The third-order valence-electron chi connectivity index (χ3n) is 7.60. The minimum atomic E-state index is -0.227. The van der Waals surface area contributed by atoms with Gasteiger partial charge in [-0.3, -0.25) is 4.79 Å². The van der Waals surface area contributed by atoms with Crippen molar-refractivity contribution in [3.63, 3.8) is 0 Å². The van der Waals surface area contributed by atoms with Crippen molar-refractivity contribution in [3.8, 4) is 0 Å². The lowest BCUT2D eigenvalue weighted by Gasteiger charge is -2.60. The molecule has 4 bridgehead atoms. The van der Waals surface area contributed by atoms with Gasteiger partial charge in [0.15, 0.2) is 0 Å². The average molecular weight is 346 g/mol. The summed E-state index contributed by atoms with van der Waals surface area (Å²) in [6.07, 6.45) is 8.69. The van der Waals surface area contributed by atoms with E-state index < -0.39 is 0 Å². The van der Waals surface area contributed by atoms with Crippen LogP contribution in [-0.4, -0.2) is 25.2 Å². The summed E-state index contributed by atoms with van der Waals surface area (Å²) in [6, 6.07) is 4.17. The summed E-state index contributed by atoms with van der Waals surface area (Å²) >= 11 is 1.72. The quantitative estimate of drug-likeness (QED) is 0.883. The van der Waals surface area contributed by atoms with Gasteiger partial charge >= 0.3 is 0 Å². The number of nitrogens with one attached hydrogen (secondary N) is 1. The molecular formula is C20H27NO2S. The second-order valence-corrected chi connectivity index (χ2v) is 9.65. The molecule has 5 saturated carbocycles. The molecule has 4 heteroatoms. The maximum atomic E-state index is 13.0. The summed E-state index contributed by atoms with van der Waals surface area (Å²) in [5.41, 5.74) is -0.330. The Balaban J connectivity index is 1.33. The first-order valence-corrected chi connectivity index (χ1v) is 10.4. The summed E-state index contributed by atoms with van der Waals surface area (Å²) in [7, 11) is 1.88. The zero-order chi connectivity index (χ0) is 16.4. The van der Waals surface area contributed by atoms with Gasteiger partial charge in [-0.15, -0.1) is 11.3 Å². The Morgan fingerprint density at radius 2 is 1.88 bits per heavy atom. The summed E-state index contributed by atoms with van der Waals surface area (Å²) in [6.45, 7) is 0.713. The lowest BCUT2D eigenvalue weighted by atomic mass is 9.49. The third kappa shape index (κ3) is 2.08. The maximum absolute atomic E-state index is 13.0. The fourth-order valence-electron chi connectivity index (χ4n) is 6.32. The number of hydrogen-bond acceptors (Lipinski definition) is 3. The number of methoxy groups -OCH3 is 1. The van der Waals surface area contributed by atoms with Gasteiger partial charge in [-0.05, 0) is 80.1 Å². The van der Waals surface area contributed by atoms with Crippen LogP contribution in [0.25, 0.3) is 0 Å². The minimum absolute atomic E-state index is 0.103. The number of carbonyl (C=O) groups is 1. The molecule has 0 radical (unpaired) electrons. The van der Waals surface area contributed by atoms with E-state index in [1.54, 1.807) is 11.3 Å². The number of ether oxygens (including phenoxy) is 1. The largest absolute Gasteiger partial charge is 0.376 e. The Bertz CT molecular complexity index is 606. The maximum Gasteiger partial charge on any atom is 0.231 e. The molecule has 0 saturated heterocycles. The van der Waals surface area contributed by atoms with Crippen LogP contribution in [0.3, 0.4) is 0 Å². The van der Waals surface area contributed by atoms with Gasteiger partial charge < -0.3 is 10.1 Å². The molecule has 1 aromatic rings. The minimum Gasteiger partial charge on any atom is -0.376 e. The Kier molecular flexibility index (Phi) is 3.41. The lowest BCUT2D eigenvalue weighted by molar-refractivity contribution is -0.188. The van der Waals surface area contributed by atoms with E-state index in [2.05, 4.69) is 22.8 Å². The van der Waals surface area contributed by atoms with E-state index in [1.165, 1.54) is 37.0 Å². The molecule has 3 nitrogen and oxygen atoms in total. The standard InChI is InChI=1S/C20H27NO2S/c1-23-20(15-8-13-7-14(10-15)11-16(20)9-13)12-21-18(22)19(4-5-19)17-3-2-6-24-17/h2-3,6,13-16H,4-5,7-12H2,1H3,(H,21,22). The Hall–Kier alpha value is -0.870. The predicted molar refractivity (Wildman–Crippen MR) is 95.0 cm³/mol. The first kappa shape index (κ1) is 15.4. The Morgan fingerprint density at radius 1 is 1.21 bits per heavy atom. The fourth-order valence-corrected chi connectivity index (χ4v) is 7.31. The molecule has 1 amide bonds. The Labute approximate surface area is 148 Å². The van der Waals surface area contributed by atoms with E-state index in [0.29, 0.717) is 18.4 Å². The van der Waals surface area contributed by atoms with Crippen LogP contribution in [0.4, 0.5) is 0 Å². The highest BCUT2D eigenvalue weighted by Crippen LogP contribution is 2.59. The van der Waals surface area contributed by atoms with Crippen LogP contribution in [0, 0.1) is 23.7 Å². The second-order valence-electron chi connectivity index (χ2n) is 8.71. The molecule has 24 heavy (non-hydrogen) atoms. The van der Waals surface area contributed by atoms with Crippen molar-refractivity contribution < 1.29 is 9.53 Å². The van der Waals surface area contributed by atoms with Gasteiger partial charge in [-0.2, -0.15) is 0 Å². The fraction of sp³-hybridized carbons (Fsp3) is 0.750. The molecule has 5 aliphatic carbocycles. The molecule has 0 atom stereocenters. The normalized spacial score (nSPS) is 41.4. The van der Waals surface area contributed by atoms with Crippen LogP contribution < -0.4 is 5.32 Å². The van der Waals surface area contributed by atoms with Gasteiger partial charge in [0.1, 0.15) is 0 Å². The molecule has 5 aliphatic rings. The van der Waals surface area contributed by atoms with E-state index in [-0.39, 0.29) is 16.9 Å². The van der Waals surface area contributed by atoms with Crippen molar-refractivity contribution >= 4 is 17.2 Å². The first-order chi connectivity index (χ1) is 11.7. The van der Waals surface area contributed by atoms with Crippen LogP contribution in [-0.2, 0) is 14.9 Å². The molecule has 1 aromatic heterocycles. The van der Waals surface area contributed by atoms with Crippen molar-refractivity contribution in [2.75, 3.05) is 13.7 Å². The highest BCUT2D eigenvalue weighted by Gasteiger charge is 2.59.